The molecule has 1 fully saturated rings. The highest BCUT2D eigenvalue weighted by atomic mass is 32.2. The molecule has 3 aromatic rings. The zero-order valence-electron chi connectivity index (χ0n) is 18.4. The standard InChI is InChI=1S/C26H23N3O3S/c1-18-7-13-21(14-8-18)33(31,32)29-16-15-26(24(29)20-11-9-19(17-27)10-12-20)22-5-3-4-6-23(22)28(2)25(26)30/h3-14,24H,15-16H2,1-2H3/t24-,26-/m0/s1. The molecule has 1 amide bonds. The molecule has 0 aliphatic carbocycles. The molecule has 7 heteroatoms. The Morgan fingerprint density at radius 2 is 1.67 bits per heavy atom. The summed E-state index contributed by atoms with van der Waals surface area (Å²) in [4.78, 5) is 15.6. The summed E-state index contributed by atoms with van der Waals surface area (Å²) in [5, 5.41) is 9.24. The number of carbonyl (C=O) groups is 1. The number of hydrogen-bond donors (Lipinski definition) is 0. The first-order valence-electron chi connectivity index (χ1n) is 10.8. The Bertz CT molecular complexity index is 1390. The SMILES string of the molecule is Cc1ccc(S(=O)(=O)N2CC[C@@]3(C(=O)N(C)c4ccccc43)[C@@H]2c2ccc(C#N)cc2)cc1. The lowest BCUT2D eigenvalue weighted by Crippen LogP contribution is -2.44. The van der Waals surface area contributed by atoms with E-state index in [4.69, 9.17) is 0 Å². The maximum absolute atomic E-state index is 13.8. The number of hydrogen-bond acceptors (Lipinski definition) is 4. The highest BCUT2D eigenvalue weighted by Crippen LogP contribution is 2.57. The van der Waals surface area contributed by atoms with Gasteiger partial charge in [-0.3, -0.25) is 4.79 Å². The predicted octanol–water partition coefficient (Wildman–Crippen LogP) is 3.92. The fourth-order valence-corrected chi connectivity index (χ4v) is 6.93. The van der Waals surface area contributed by atoms with Crippen LogP contribution in [0.2, 0.25) is 0 Å². The van der Waals surface area contributed by atoms with Crippen molar-refractivity contribution in [2.45, 2.75) is 29.7 Å². The van der Waals surface area contributed by atoms with Crippen molar-refractivity contribution in [3.05, 3.63) is 95.1 Å². The second-order valence-electron chi connectivity index (χ2n) is 8.67. The van der Waals surface area contributed by atoms with Gasteiger partial charge in [0, 0.05) is 19.3 Å². The van der Waals surface area contributed by atoms with Gasteiger partial charge >= 0.3 is 0 Å². The Labute approximate surface area is 193 Å². The summed E-state index contributed by atoms with van der Waals surface area (Å²) in [6.45, 7) is 2.12. The van der Waals surface area contributed by atoms with Crippen molar-refractivity contribution in [1.82, 2.24) is 4.31 Å². The smallest absolute Gasteiger partial charge is 0.243 e. The van der Waals surface area contributed by atoms with Gasteiger partial charge in [0.2, 0.25) is 15.9 Å². The summed E-state index contributed by atoms with van der Waals surface area (Å²) in [6, 6.07) is 22.6. The first-order valence-corrected chi connectivity index (χ1v) is 12.2. The number of para-hydroxylation sites is 1. The molecule has 0 bridgehead atoms. The number of anilines is 1. The average Bonchev–Trinajstić information content (AvgIpc) is 3.34. The zero-order chi connectivity index (χ0) is 23.4. The number of aryl methyl sites for hydroxylation is 1. The minimum Gasteiger partial charge on any atom is -0.314 e. The Balaban J connectivity index is 1.73. The number of amides is 1. The maximum Gasteiger partial charge on any atom is 0.243 e. The van der Waals surface area contributed by atoms with E-state index in [1.54, 1.807) is 60.5 Å². The molecule has 6 nitrogen and oxygen atoms in total. The highest BCUT2D eigenvalue weighted by Gasteiger charge is 2.62. The van der Waals surface area contributed by atoms with Gasteiger partial charge in [0.15, 0.2) is 0 Å². The second kappa shape index (κ2) is 7.55. The van der Waals surface area contributed by atoms with Crippen molar-refractivity contribution in [2.24, 2.45) is 0 Å². The van der Waals surface area contributed by atoms with E-state index in [1.165, 1.54) is 4.31 Å². The number of nitriles is 1. The van der Waals surface area contributed by atoms with Crippen LogP contribution < -0.4 is 4.90 Å². The Morgan fingerprint density at radius 1 is 1.00 bits per heavy atom. The molecule has 0 N–H and O–H groups in total. The predicted molar refractivity (Wildman–Crippen MR) is 125 cm³/mol. The van der Waals surface area contributed by atoms with E-state index in [2.05, 4.69) is 6.07 Å². The Kier molecular flexibility index (Phi) is 4.89. The lowest BCUT2D eigenvalue weighted by molar-refractivity contribution is -0.123. The number of sulfonamides is 1. The molecule has 1 spiro atoms. The van der Waals surface area contributed by atoms with Crippen LogP contribution in [0.5, 0.6) is 0 Å². The fraction of sp³-hybridized carbons (Fsp3) is 0.231. The van der Waals surface area contributed by atoms with Crippen molar-refractivity contribution < 1.29 is 13.2 Å². The molecular weight excluding hydrogens is 434 g/mol. The van der Waals surface area contributed by atoms with Crippen LogP contribution in [0.25, 0.3) is 0 Å². The van der Waals surface area contributed by atoms with Crippen molar-refractivity contribution in [3.63, 3.8) is 0 Å². The third-order valence-corrected chi connectivity index (χ3v) is 8.78. The monoisotopic (exact) mass is 457 g/mol. The summed E-state index contributed by atoms with van der Waals surface area (Å²) < 4.78 is 29.1. The van der Waals surface area contributed by atoms with E-state index < -0.39 is 21.5 Å². The average molecular weight is 458 g/mol. The van der Waals surface area contributed by atoms with Gasteiger partial charge in [0.1, 0.15) is 0 Å². The largest absolute Gasteiger partial charge is 0.314 e. The van der Waals surface area contributed by atoms with E-state index in [1.807, 2.05) is 31.2 Å². The van der Waals surface area contributed by atoms with Gasteiger partial charge in [-0.1, -0.05) is 48.0 Å². The second-order valence-corrected chi connectivity index (χ2v) is 10.6. The number of nitrogens with zero attached hydrogens (tertiary/aromatic N) is 3. The molecule has 33 heavy (non-hydrogen) atoms. The van der Waals surface area contributed by atoms with Crippen LogP contribution in [0, 0.1) is 18.3 Å². The van der Waals surface area contributed by atoms with Gasteiger partial charge < -0.3 is 4.90 Å². The summed E-state index contributed by atoms with van der Waals surface area (Å²) in [6.07, 6.45) is 0.378. The van der Waals surface area contributed by atoms with E-state index in [-0.39, 0.29) is 17.3 Å². The van der Waals surface area contributed by atoms with Gasteiger partial charge in [0.05, 0.1) is 28.0 Å². The number of benzene rings is 3. The molecule has 5 rings (SSSR count). The third kappa shape index (κ3) is 3.02. The number of fused-ring (bicyclic) bond motifs is 2. The zero-order valence-corrected chi connectivity index (χ0v) is 19.2. The summed E-state index contributed by atoms with van der Waals surface area (Å²) >= 11 is 0. The normalized spacial score (nSPS) is 22.5. The van der Waals surface area contributed by atoms with Crippen molar-refractivity contribution in [3.8, 4) is 6.07 Å². The van der Waals surface area contributed by atoms with E-state index in [0.29, 0.717) is 17.5 Å². The van der Waals surface area contributed by atoms with Crippen LogP contribution in [-0.4, -0.2) is 32.2 Å². The van der Waals surface area contributed by atoms with Gasteiger partial charge in [-0.15, -0.1) is 0 Å². The summed E-state index contributed by atoms with van der Waals surface area (Å²) in [5.74, 6) is -0.111. The first-order chi connectivity index (χ1) is 15.8. The van der Waals surface area contributed by atoms with E-state index >= 15 is 0 Å². The summed E-state index contributed by atoms with van der Waals surface area (Å²) in [7, 11) is -2.14. The molecule has 2 aliphatic heterocycles. The summed E-state index contributed by atoms with van der Waals surface area (Å²) in [5.41, 5.74) is 2.76. The fourth-order valence-electron chi connectivity index (χ4n) is 5.27. The van der Waals surface area contributed by atoms with Crippen LogP contribution in [-0.2, 0) is 20.2 Å². The molecule has 0 saturated carbocycles. The maximum atomic E-state index is 13.8. The lowest BCUT2D eigenvalue weighted by Gasteiger charge is -2.34. The van der Waals surface area contributed by atoms with Crippen LogP contribution in [0.4, 0.5) is 5.69 Å². The van der Waals surface area contributed by atoms with Gasteiger partial charge in [0.25, 0.3) is 0 Å². The van der Waals surface area contributed by atoms with Crippen molar-refractivity contribution in [2.75, 3.05) is 18.5 Å². The third-order valence-electron chi connectivity index (χ3n) is 6.90. The molecule has 166 valence electrons. The number of carbonyl (C=O) groups excluding carboxylic acids is 1. The van der Waals surface area contributed by atoms with Crippen molar-refractivity contribution >= 4 is 21.6 Å². The minimum absolute atomic E-state index is 0.111. The molecule has 3 aromatic carbocycles. The van der Waals surface area contributed by atoms with Crippen LogP contribution in [0.1, 0.15) is 34.7 Å². The molecule has 2 heterocycles. The minimum atomic E-state index is -3.88. The van der Waals surface area contributed by atoms with E-state index in [9.17, 15) is 18.5 Å². The van der Waals surface area contributed by atoms with Crippen molar-refractivity contribution in [1.29, 1.82) is 5.26 Å². The van der Waals surface area contributed by atoms with Crippen LogP contribution in [0.15, 0.2) is 77.7 Å². The quantitative estimate of drug-likeness (QED) is 0.597. The van der Waals surface area contributed by atoms with Gasteiger partial charge in [-0.25, -0.2) is 8.42 Å². The van der Waals surface area contributed by atoms with Gasteiger partial charge in [-0.2, -0.15) is 9.57 Å². The number of rotatable bonds is 3. The molecule has 2 aliphatic rings. The Hall–Kier alpha value is -3.47. The van der Waals surface area contributed by atoms with Crippen LogP contribution in [0.3, 0.4) is 0 Å². The van der Waals surface area contributed by atoms with E-state index in [0.717, 1.165) is 16.8 Å². The Morgan fingerprint density at radius 3 is 2.33 bits per heavy atom. The molecule has 1 saturated heterocycles. The van der Waals surface area contributed by atoms with Crippen LogP contribution >= 0.6 is 0 Å². The topological polar surface area (TPSA) is 81.5 Å². The molecular formula is C26H23N3O3S. The number of likely N-dealkylation sites (N-methyl/N-ethyl adjacent to an activating group) is 1. The van der Waals surface area contributed by atoms with Gasteiger partial charge in [-0.05, 0) is 54.8 Å². The lowest BCUT2D eigenvalue weighted by atomic mass is 9.73. The molecule has 0 unspecified atom stereocenters. The first kappa shape index (κ1) is 21.4. The molecule has 2 atom stereocenters. The highest BCUT2D eigenvalue weighted by molar-refractivity contribution is 7.89. The molecule has 0 radical (unpaired) electrons. The molecule has 0 aromatic heterocycles.